The molecule has 3 nitrogen and oxygen atoms in total. The van der Waals surface area contributed by atoms with Crippen LogP contribution in [0.2, 0.25) is 5.02 Å². The van der Waals surface area contributed by atoms with Crippen molar-refractivity contribution in [2.45, 2.75) is 43.8 Å². The fourth-order valence-electron chi connectivity index (χ4n) is 2.78. The van der Waals surface area contributed by atoms with Gasteiger partial charge in [-0.25, -0.2) is 0 Å². The van der Waals surface area contributed by atoms with Crippen LogP contribution in [-0.4, -0.2) is 18.3 Å². The van der Waals surface area contributed by atoms with Crippen molar-refractivity contribution in [3.8, 4) is 5.75 Å². The average Bonchev–Trinajstić information content (AvgIpc) is 2.32. The number of ether oxygens (including phenoxy) is 2. The number of rotatable bonds is 2. The van der Waals surface area contributed by atoms with Crippen LogP contribution < -0.4 is 10.5 Å². The van der Waals surface area contributed by atoms with Crippen molar-refractivity contribution in [2.75, 3.05) is 12.3 Å². The van der Waals surface area contributed by atoms with Crippen molar-refractivity contribution >= 4 is 17.3 Å². The molecule has 1 atom stereocenters. The molecule has 1 spiro atoms. The summed E-state index contributed by atoms with van der Waals surface area (Å²) in [5.74, 6) is 0.801. The molecular weight excluding hydrogens is 250 g/mol. The van der Waals surface area contributed by atoms with Gasteiger partial charge < -0.3 is 15.2 Å². The highest BCUT2D eigenvalue weighted by Gasteiger charge is 2.43. The van der Waals surface area contributed by atoms with Gasteiger partial charge in [-0.1, -0.05) is 11.6 Å². The van der Waals surface area contributed by atoms with Crippen LogP contribution in [0.3, 0.4) is 0 Å². The van der Waals surface area contributed by atoms with Gasteiger partial charge in [0.1, 0.15) is 11.9 Å². The van der Waals surface area contributed by atoms with Crippen LogP contribution in [0.1, 0.15) is 32.1 Å². The molecule has 1 heterocycles. The zero-order valence-corrected chi connectivity index (χ0v) is 11.1. The fourth-order valence-corrected chi connectivity index (χ4v) is 2.95. The van der Waals surface area contributed by atoms with Crippen LogP contribution in [0.5, 0.6) is 5.75 Å². The van der Waals surface area contributed by atoms with Crippen LogP contribution in [0.25, 0.3) is 0 Å². The topological polar surface area (TPSA) is 44.5 Å². The first-order valence-electron chi connectivity index (χ1n) is 6.53. The van der Waals surface area contributed by atoms with E-state index in [1.54, 1.807) is 12.1 Å². The second-order valence-corrected chi connectivity index (χ2v) is 5.71. The number of hydrogen-bond acceptors (Lipinski definition) is 3. The Balaban J connectivity index is 1.66. The summed E-state index contributed by atoms with van der Waals surface area (Å²) in [5.41, 5.74) is 6.39. The first-order valence-corrected chi connectivity index (χ1v) is 6.90. The molecule has 1 saturated heterocycles. The summed E-state index contributed by atoms with van der Waals surface area (Å²) in [6.45, 7) is 0.799. The predicted octanol–water partition coefficient (Wildman–Crippen LogP) is 3.40. The van der Waals surface area contributed by atoms with Crippen molar-refractivity contribution < 1.29 is 9.47 Å². The number of nitrogen functional groups attached to an aromatic ring is 1. The van der Waals surface area contributed by atoms with Gasteiger partial charge in [-0.15, -0.1) is 0 Å². The number of halogens is 1. The molecule has 0 bridgehead atoms. The second kappa shape index (κ2) is 4.63. The third-order valence-electron chi connectivity index (χ3n) is 3.99. The first kappa shape index (κ1) is 12.1. The van der Waals surface area contributed by atoms with Gasteiger partial charge in [0.2, 0.25) is 0 Å². The lowest BCUT2D eigenvalue weighted by molar-refractivity contribution is -0.153. The summed E-state index contributed by atoms with van der Waals surface area (Å²) in [4.78, 5) is 0. The first-order chi connectivity index (χ1) is 8.67. The molecule has 4 heteroatoms. The van der Waals surface area contributed by atoms with Gasteiger partial charge in [-0.3, -0.25) is 0 Å². The number of anilines is 1. The van der Waals surface area contributed by atoms with E-state index in [2.05, 4.69) is 0 Å². The molecule has 1 aliphatic carbocycles. The highest BCUT2D eigenvalue weighted by molar-refractivity contribution is 6.33. The lowest BCUT2D eigenvalue weighted by Gasteiger charge is -2.46. The van der Waals surface area contributed by atoms with Crippen LogP contribution in [-0.2, 0) is 4.74 Å². The van der Waals surface area contributed by atoms with E-state index in [4.69, 9.17) is 26.8 Å². The Bertz CT molecular complexity index is 445. The minimum Gasteiger partial charge on any atom is -0.490 e. The van der Waals surface area contributed by atoms with Crippen LogP contribution in [0.4, 0.5) is 5.69 Å². The van der Waals surface area contributed by atoms with Gasteiger partial charge >= 0.3 is 0 Å². The maximum absolute atomic E-state index is 6.00. The van der Waals surface area contributed by atoms with Gasteiger partial charge in [0.25, 0.3) is 0 Å². The summed E-state index contributed by atoms with van der Waals surface area (Å²) in [6.07, 6.45) is 5.81. The zero-order valence-electron chi connectivity index (χ0n) is 10.3. The molecule has 3 rings (SSSR count). The van der Waals surface area contributed by atoms with Gasteiger partial charge in [0.15, 0.2) is 0 Å². The van der Waals surface area contributed by atoms with Crippen LogP contribution in [0, 0.1) is 0 Å². The van der Waals surface area contributed by atoms with E-state index < -0.39 is 0 Å². The monoisotopic (exact) mass is 267 g/mol. The fraction of sp³-hybridized carbons (Fsp3) is 0.571. The molecule has 2 fully saturated rings. The number of nitrogens with two attached hydrogens (primary N) is 1. The number of benzene rings is 1. The van der Waals surface area contributed by atoms with Crippen molar-refractivity contribution in [1.82, 2.24) is 0 Å². The summed E-state index contributed by atoms with van der Waals surface area (Å²) in [6, 6.07) is 5.46. The molecule has 2 N–H and O–H groups in total. The average molecular weight is 268 g/mol. The molecule has 0 amide bonds. The summed E-state index contributed by atoms with van der Waals surface area (Å²) in [5, 5.41) is 0.554. The van der Waals surface area contributed by atoms with Gasteiger partial charge in [-0.05, 0) is 31.4 Å². The minimum absolute atomic E-state index is 0.112. The van der Waals surface area contributed by atoms with Gasteiger partial charge in [-0.2, -0.15) is 0 Å². The van der Waals surface area contributed by atoms with Crippen molar-refractivity contribution in [1.29, 1.82) is 0 Å². The Morgan fingerprint density at radius 3 is 2.89 bits per heavy atom. The molecule has 18 heavy (non-hydrogen) atoms. The van der Waals surface area contributed by atoms with E-state index in [-0.39, 0.29) is 11.7 Å². The second-order valence-electron chi connectivity index (χ2n) is 5.30. The van der Waals surface area contributed by atoms with Crippen molar-refractivity contribution in [3.05, 3.63) is 23.2 Å². The highest BCUT2D eigenvalue weighted by atomic mass is 35.5. The molecule has 1 aromatic carbocycles. The highest BCUT2D eigenvalue weighted by Crippen LogP contribution is 2.43. The Morgan fingerprint density at radius 2 is 2.22 bits per heavy atom. The van der Waals surface area contributed by atoms with E-state index >= 15 is 0 Å². The van der Waals surface area contributed by atoms with Crippen LogP contribution >= 0.6 is 11.6 Å². The Hall–Kier alpha value is -0.930. The smallest absolute Gasteiger partial charge is 0.121 e. The SMILES string of the molecule is Nc1ccc(OC2CCOC3(CCC3)C2)cc1Cl. The zero-order chi connectivity index (χ0) is 12.6. The number of hydrogen-bond donors (Lipinski definition) is 1. The third kappa shape index (κ3) is 2.29. The lowest BCUT2D eigenvalue weighted by Crippen LogP contribution is -2.48. The minimum atomic E-state index is 0.112. The van der Waals surface area contributed by atoms with E-state index in [1.807, 2.05) is 6.07 Å². The van der Waals surface area contributed by atoms with E-state index in [0.29, 0.717) is 10.7 Å². The summed E-state index contributed by atoms with van der Waals surface area (Å²) in [7, 11) is 0. The van der Waals surface area contributed by atoms with E-state index in [1.165, 1.54) is 19.3 Å². The normalized spacial score (nSPS) is 25.7. The lowest BCUT2D eigenvalue weighted by atomic mass is 9.74. The molecule has 0 aromatic heterocycles. The molecule has 1 saturated carbocycles. The van der Waals surface area contributed by atoms with Crippen molar-refractivity contribution in [3.63, 3.8) is 0 Å². The Kier molecular flexibility index (Phi) is 3.12. The van der Waals surface area contributed by atoms with Gasteiger partial charge in [0, 0.05) is 18.9 Å². The third-order valence-corrected chi connectivity index (χ3v) is 4.31. The van der Waals surface area contributed by atoms with E-state index in [9.17, 15) is 0 Å². The maximum Gasteiger partial charge on any atom is 0.121 e. The summed E-state index contributed by atoms with van der Waals surface area (Å²) < 4.78 is 11.9. The maximum atomic E-state index is 6.00. The quantitative estimate of drug-likeness (QED) is 0.836. The molecule has 1 aliphatic heterocycles. The molecular formula is C14H18ClNO2. The Morgan fingerprint density at radius 1 is 1.39 bits per heavy atom. The molecule has 0 radical (unpaired) electrons. The standard InChI is InChI=1S/C14H18ClNO2/c15-12-8-10(2-3-13(12)16)18-11-4-7-17-14(9-11)5-1-6-14/h2-3,8,11H,1,4-7,9,16H2. The van der Waals surface area contributed by atoms with Gasteiger partial charge in [0.05, 0.1) is 22.9 Å². The molecule has 1 unspecified atom stereocenters. The molecule has 1 aromatic rings. The van der Waals surface area contributed by atoms with Crippen LogP contribution in [0.15, 0.2) is 18.2 Å². The largest absolute Gasteiger partial charge is 0.490 e. The molecule has 2 aliphatic rings. The predicted molar refractivity (Wildman–Crippen MR) is 72.0 cm³/mol. The van der Waals surface area contributed by atoms with Crippen molar-refractivity contribution in [2.24, 2.45) is 0 Å². The van der Waals surface area contributed by atoms with E-state index in [0.717, 1.165) is 25.2 Å². The Labute approximate surface area is 112 Å². The molecule has 98 valence electrons. The summed E-state index contributed by atoms with van der Waals surface area (Å²) >= 11 is 6.00.